The fraction of sp³-hybridized carbons (Fsp3) is 0.571. The van der Waals surface area contributed by atoms with Gasteiger partial charge in [-0.3, -0.25) is 0 Å². The third kappa shape index (κ3) is 2.07. The molecule has 16 heavy (non-hydrogen) atoms. The van der Waals surface area contributed by atoms with Gasteiger partial charge in [-0.1, -0.05) is 12.2 Å². The minimum atomic E-state index is -0.231. The molecule has 0 spiro atoms. The van der Waals surface area contributed by atoms with E-state index in [2.05, 4.69) is 36.6 Å². The fourth-order valence-corrected chi connectivity index (χ4v) is 2.62. The number of hydrogen-bond acceptors (Lipinski definition) is 1. The van der Waals surface area contributed by atoms with E-state index >= 15 is 0 Å². The molecule has 0 saturated heterocycles. The Morgan fingerprint density at radius 2 is 2.38 bits per heavy atom. The third-order valence-electron chi connectivity index (χ3n) is 3.45. The predicted molar refractivity (Wildman–Crippen MR) is 66.5 cm³/mol. The molecule has 0 saturated carbocycles. The molecule has 1 heterocycles. The first kappa shape index (κ1) is 11.5. The average Bonchev–Trinajstić information content (AvgIpc) is 2.58. The van der Waals surface area contributed by atoms with Gasteiger partial charge in [0.25, 0.3) is 0 Å². The van der Waals surface area contributed by atoms with Crippen molar-refractivity contribution < 1.29 is 5.11 Å². The SMILES string of the molecule is C/C=C/CCn1c(C)cc2c1CCCC2O. The lowest BCUT2D eigenvalue weighted by Gasteiger charge is -2.20. The van der Waals surface area contributed by atoms with Gasteiger partial charge in [0, 0.05) is 23.5 Å². The molecule has 1 aromatic rings. The van der Waals surface area contributed by atoms with E-state index in [4.69, 9.17) is 0 Å². The molecule has 88 valence electrons. The van der Waals surface area contributed by atoms with Gasteiger partial charge in [-0.15, -0.1) is 0 Å². The maximum atomic E-state index is 9.94. The minimum Gasteiger partial charge on any atom is -0.388 e. The highest BCUT2D eigenvalue weighted by Crippen LogP contribution is 2.32. The van der Waals surface area contributed by atoms with Crippen molar-refractivity contribution in [3.05, 3.63) is 35.2 Å². The number of aliphatic hydroxyl groups excluding tert-OH is 1. The molecule has 1 N–H and O–H groups in total. The fourth-order valence-electron chi connectivity index (χ4n) is 2.62. The van der Waals surface area contributed by atoms with E-state index in [1.807, 2.05) is 0 Å². The van der Waals surface area contributed by atoms with E-state index in [1.165, 1.54) is 17.0 Å². The van der Waals surface area contributed by atoms with Crippen molar-refractivity contribution in [1.82, 2.24) is 4.57 Å². The van der Waals surface area contributed by atoms with Crippen molar-refractivity contribution in [1.29, 1.82) is 0 Å². The monoisotopic (exact) mass is 219 g/mol. The Kier molecular flexibility index (Phi) is 3.49. The van der Waals surface area contributed by atoms with Crippen molar-refractivity contribution in [3.63, 3.8) is 0 Å². The van der Waals surface area contributed by atoms with Gasteiger partial charge in [0.2, 0.25) is 0 Å². The van der Waals surface area contributed by atoms with Crippen LogP contribution in [0, 0.1) is 6.92 Å². The second kappa shape index (κ2) is 4.88. The van der Waals surface area contributed by atoms with Crippen LogP contribution in [0.15, 0.2) is 18.2 Å². The van der Waals surface area contributed by atoms with Crippen LogP contribution in [0.3, 0.4) is 0 Å². The molecule has 2 nitrogen and oxygen atoms in total. The maximum Gasteiger partial charge on any atom is 0.0807 e. The van der Waals surface area contributed by atoms with Gasteiger partial charge < -0.3 is 9.67 Å². The number of aromatic nitrogens is 1. The molecule has 2 heteroatoms. The Labute approximate surface area is 97.6 Å². The van der Waals surface area contributed by atoms with Gasteiger partial charge in [0.1, 0.15) is 0 Å². The summed E-state index contributed by atoms with van der Waals surface area (Å²) in [6.45, 7) is 5.24. The Morgan fingerprint density at radius 3 is 3.12 bits per heavy atom. The van der Waals surface area contributed by atoms with E-state index in [-0.39, 0.29) is 6.10 Å². The van der Waals surface area contributed by atoms with Crippen molar-refractivity contribution in [2.24, 2.45) is 0 Å². The summed E-state index contributed by atoms with van der Waals surface area (Å²) in [6.07, 6.45) is 8.30. The van der Waals surface area contributed by atoms with Gasteiger partial charge in [-0.2, -0.15) is 0 Å². The largest absolute Gasteiger partial charge is 0.388 e. The summed E-state index contributed by atoms with van der Waals surface area (Å²) in [5.41, 5.74) is 3.82. The molecule has 0 fully saturated rings. The van der Waals surface area contributed by atoms with Crippen LogP contribution in [0.25, 0.3) is 0 Å². The lowest BCUT2D eigenvalue weighted by atomic mass is 9.95. The molecule has 1 aromatic heterocycles. The van der Waals surface area contributed by atoms with Gasteiger partial charge in [0.05, 0.1) is 6.10 Å². The van der Waals surface area contributed by atoms with Crippen LogP contribution in [-0.4, -0.2) is 9.67 Å². The zero-order chi connectivity index (χ0) is 11.5. The van der Waals surface area contributed by atoms with E-state index < -0.39 is 0 Å². The Morgan fingerprint density at radius 1 is 1.56 bits per heavy atom. The highest BCUT2D eigenvalue weighted by molar-refractivity contribution is 5.31. The quantitative estimate of drug-likeness (QED) is 0.776. The molecule has 0 aliphatic heterocycles. The highest BCUT2D eigenvalue weighted by Gasteiger charge is 2.22. The molecule has 1 atom stereocenters. The summed E-state index contributed by atoms with van der Waals surface area (Å²) < 4.78 is 2.37. The normalized spacial score (nSPS) is 20.3. The summed E-state index contributed by atoms with van der Waals surface area (Å²) in [5, 5.41) is 9.94. The first-order valence-electron chi connectivity index (χ1n) is 6.22. The minimum absolute atomic E-state index is 0.231. The average molecular weight is 219 g/mol. The standard InChI is InChI=1S/C14H21NO/c1-3-4-5-9-15-11(2)10-12-13(15)7-6-8-14(12)16/h3-4,10,14,16H,5-9H2,1-2H3/b4-3+. The lowest BCUT2D eigenvalue weighted by molar-refractivity contribution is 0.155. The number of rotatable bonds is 3. The number of allylic oxidation sites excluding steroid dienone is 2. The van der Waals surface area contributed by atoms with E-state index in [0.29, 0.717) is 0 Å². The zero-order valence-corrected chi connectivity index (χ0v) is 10.2. The number of aryl methyl sites for hydroxylation is 1. The second-order valence-electron chi connectivity index (χ2n) is 4.61. The van der Waals surface area contributed by atoms with Gasteiger partial charge >= 0.3 is 0 Å². The number of hydrogen-bond donors (Lipinski definition) is 1. The molecular weight excluding hydrogens is 198 g/mol. The molecule has 2 rings (SSSR count). The molecule has 0 bridgehead atoms. The molecule has 0 aromatic carbocycles. The van der Waals surface area contributed by atoms with E-state index in [0.717, 1.165) is 32.2 Å². The smallest absolute Gasteiger partial charge is 0.0807 e. The summed E-state index contributed by atoms with van der Waals surface area (Å²) >= 11 is 0. The molecular formula is C14H21NO. The molecule has 0 radical (unpaired) electrons. The third-order valence-corrected chi connectivity index (χ3v) is 3.45. The van der Waals surface area contributed by atoms with E-state index in [9.17, 15) is 5.11 Å². The van der Waals surface area contributed by atoms with Gasteiger partial charge in [0.15, 0.2) is 0 Å². The van der Waals surface area contributed by atoms with Crippen molar-refractivity contribution in [2.75, 3.05) is 0 Å². The molecule has 0 amide bonds. The Balaban J connectivity index is 2.24. The van der Waals surface area contributed by atoms with Crippen LogP contribution in [-0.2, 0) is 13.0 Å². The predicted octanol–water partition coefficient (Wildman–Crippen LogP) is 3.13. The Hall–Kier alpha value is -1.02. The van der Waals surface area contributed by atoms with Crippen LogP contribution < -0.4 is 0 Å². The van der Waals surface area contributed by atoms with Crippen LogP contribution in [0.4, 0.5) is 0 Å². The molecule has 1 aliphatic rings. The number of aliphatic hydroxyl groups is 1. The number of fused-ring (bicyclic) bond motifs is 1. The van der Waals surface area contributed by atoms with Crippen LogP contribution in [0.1, 0.15) is 49.2 Å². The van der Waals surface area contributed by atoms with Crippen LogP contribution >= 0.6 is 0 Å². The van der Waals surface area contributed by atoms with Crippen molar-refractivity contribution >= 4 is 0 Å². The van der Waals surface area contributed by atoms with Gasteiger partial charge in [-0.25, -0.2) is 0 Å². The second-order valence-corrected chi connectivity index (χ2v) is 4.61. The summed E-state index contributed by atoms with van der Waals surface area (Å²) in [5.74, 6) is 0. The van der Waals surface area contributed by atoms with Crippen molar-refractivity contribution in [3.8, 4) is 0 Å². The lowest BCUT2D eigenvalue weighted by Crippen LogP contribution is -2.12. The number of nitrogens with zero attached hydrogens (tertiary/aromatic N) is 1. The summed E-state index contributed by atoms with van der Waals surface area (Å²) in [6, 6.07) is 2.16. The first-order chi connectivity index (χ1) is 7.74. The summed E-state index contributed by atoms with van der Waals surface area (Å²) in [4.78, 5) is 0. The molecule has 1 aliphatic carbocycles. The van der Waals surface area contributed by atoms with Crippen molar-refractivity contribution in [2.45, 2.75) is 52.2 Å². The van der Waals surface area contributed by atoms with Crippen LogP contribution in [0.2, 0.25) is 0 Å². The van der Waals surface area contributed by atoms with Gasteiger partial charge in [-0.05, 0) is 45.6 Å². The molecule has 1 unspecified atom stereocenters. The van der Waals surface area contributed by atoms with Crippen LogP contribution in [0.5, 0.6) is 0 Å². The maximum absolute atomic E-state index is 9.94. The highest BCUT2D eigenvalue weighted by atomic mass is 16.3. The first-order valence-corrected chi connectivity index (χ1v) is 6.22. The topological polar surface area (TPSA) is 25.2 Å². The van der Waals surface area contributed by atoms with E-state index in [1.54, 1.807) is 0 Å². The Bertz CT molecular complexity index is 390. The zero-order valence-electron chi connectivity index (χ0n) is 10.2. The summed E-state index contributed by atoms with van der Waals surface area (Å²) in [7, 11) is 0.